The van der Waals surface area contributed by atoms with Crippen LogP contribution in [-0.2, 0) is 6.42 Å². The lowest BCUT2D eigenvalue weighted by molar-refractivity contribution is 0.159. The molecule has 14 heavy (non-hydrogen) atoms. The van der Waals surface area contributed by atoms with Crippen molar-refractivity contribution in [2.24, 2.45) is 5.41 Å². The summed E-state index contributed by atoms with van der Waals surface area (Å²) in [7, 11) is 0. The van der Waals surface area contributed by atoms with Crippen molar-refractivity contribution in [3.05, 3.63) is 33.8 Å². The Hall–Kier alpha value is -0.340. The summed E-state index contributed by atoms with van der Waals surface area (Å²) in [5, 5.41) is 9.20. The monoisotopic (exact) mass is 256 g/mol. The first kappa shape index (κ1) is 11.7. The van der Waals surface area contributed by atoms with Gasteiger partial charge in [0.15, 0.2) is 0 Å². The summed E-state index contributed by atoms with van der Waals surface area (Å²) < 4.78 is 1.13. The molecule has 1 aromatic rings. The van der Waals surface area contributed by atoms with Gasteiger partial charge in [-0.1, -0.05) is 47.5 Å². The van der Waals surface area contributed by atoms with Gasteiger partial charge in [0.05, 0.1) is 0 Å². The lowest BCUT2D eigenvalue weighted by atomic mass is 9.86. The van der Waals surface area contributed by atoms with Gasteiger partial charge < -0.3 is 5.11 Å². The zero-order chi connectivity index (χ0) is 10.8. The zero-order valence-corrected chi connectivity index (χ0v) is 10.6. The Morgan fingerprint density at radius 2 is 2.00 bits per heavy atom. The summed E-state index contributed by atoms with van der Waals surface area (Å²) in [6, 6.07) is 6.32. The van der Waals surface area contributed by atoms with Crippen molar-refractivity contribution in [1.29, 1.82) is 0 Å². The summed E-state index contributed by atoms with van der Waals surface area (Å²) >= 11 is 3.53. The van der Waals surface area contributed by atoms with Crippen molar-refractivity contribution in [3.63, 3.8) is 0 Å². The number of rotatable bonds is 3. The predicted octanol–water partition coefficient (Wildman–Crippen LogP) is 3.32. The fraction of sp³-hybridized carbons (Fsp3) is 0.500. The first-order valence-corrected chi connectivity index (χ1v) is 5.60. The molecule has 0 atom stereocenters. The highest BCUT2D eigenvalue weighted by Gasteiger charge is 2.18. The molecule has 1 rings (SSSR count). The van der Waals surface area contributed by atoms with Gasteiger partial charge in [0.25, 0.3) is 0 Å². The van der Waals surface area contributed by atoms with Crippen molar-refractivity contribution in [3.8, 4) is 0 Å². The van der Waals surface area contributed by atoms with Gasteiger partial charge in [-0.2, -0.15) is 0 Å². The molecule has 1 N–H and O–H groups in total. The van der Waals surface area contributed by atoms with Crippen LogP contribution in [0.3, 0.4) is 0 Å². The molecule has 0 saturated heterocycles. The summed E-state index contributed by atoms with van der Waals surface area (Å²) in [5.74, 6) is 0. The lowest BCUT2D eigenvalue weighted by Gasteiger charge is -2.22. The van der Waals surface area contributed by atoms with Crippen LogP contribution in [0.4, 0.5) is 0 Å². The normalized spacial score (nSPS) is 11.8. The number of aryl methyl sites for hydroxylation is 1. The third-order valence-corrected chi connectivity index (χ3v) is 3.07. The third-order valence-electron chi connectivity index (χ3n) is 2.30. The molecule has 0 aliphatic carbocycles. The smallest absolute Gasteiger partial charge is 0.0485 e. The molecule has 1 aromatic carbocycles. The van der Waals surface area contributed by atoms with E-state index < -0.39 is 0 Å². The standard InChI is InChI=1S/C12H17BrO/c1-9-4-5-11(13)10(6-9)7-12(2,3)8-14/h4-6,14H,7-8H2,1-3H3. The Morgan fingerprint density at radius 1 is 1.36 bits per heavy atom. The SMILES string of the molecule is Cc1ccc(Br)c(CC(C)(C)CO)c1. The van der Waals surface area contributed by atoms with Crippen LogP contribution < -0.4 is 0 Å². The molecule has 1 nitrogen and oxygen atoms in total. The zero-order valence-electron chi connectivity index (χ0n) is 8.97. The van der Waals surface area contributed by atoms with E-state index in [4.69, 9.17) is 0 Å². The van der Waals surface area contributed by atoms with Crippen LogP contribution >= 0.6 is 15.9 Å². The summed E-state index contributed by atoms with van der Waals surface area (Å²) in [6.07, 6.45) is 0.895. The Labute approximate surface area is 94.3 Å². The van der Waals surface area contributed by atoms with E-state index in [9.17, 15) is 5.11 Å². The van der Waals surface area contributed by atoms with E-state index in [1.54, 1.807) is 0 Å². The molecule has 0 unspecified atom stereocenters. The van der Waals surface area contributed by atoms with Crippen molar-refractivity contribution in [1.82, 2.24) is 0 Å². The van der Waals surface area contributed by atoms with Crippen LogP contribution in [0, 0.1) is 12.3 Å². The van der Waals surface area contributed by atoms with E-state index in [-0.39, 0.29) is 12.0 Å². The maximum atomic E-state index is 9.20. The number of aliphatic hydroxyl groups excluding tert-OH is 1. The minimum Gasteiger partial charge on any atom is -0.396 e. The Kier molecular flexibility index (Phi) is 3.73. The minimum absolute atomic E-state index is 0.0453. The van der Waals surface area contributed by atoms with E-state index in [2.05, 4.69) is 54.9 Å². The quantitative estimate of drug-likeness (QED) is 0.880. The second-order valence-corrected chi connectivity index (χ2v) is 5.45. The Bertz CT molecular complexity index is 318. The minimum atomic E-state index is -0.0453. The molecule has 0 spiro atoms. The van der Waals surface area contributed by atoms with Gasteiger partial charge in [-0.25, -0.2) is 0 Å². The fourth-order valence-electron chi connectivity index (χ4n) is 1.41. The third kappa shape index (κ3) is 3.10. The molecule has 0 aliphatic rings. The molecular weight excluding hydrogens is 240 g/mol. The van der Waals surface area contributed by atoms with Crippen LogP contribution in [0.5, 0.6) is 0 Å². The second-order valence-electron chi connectivity index (χ2n) is 4.59. The molecular formula is C12H17BrO. The van der Waals surface area contributed by atoms with Crippen molar-refractivity contribution in [2.45, 2.75) is 27.2 Å². The van der Waals surface area contributed by atoms with Gasteiger partial charge in [-0.15, -0.1) is 0 Å². The highest BCUT2D eigenvalue weighted by Crippen LogP contribution is 2.26. The molecule has 0 amide bonds. The number of aliphatic hydroxyl groups is 1. The van der Waals surface area contributed by atoms with Crippen molar-refractivity contribution >= 4 is 15.9 Å². The topological polar surface area (TPSA) is 20.2 Å². The van der Waals surface area contributed by atoms with Gasteiger partial charge in [0.1, 0.15) is 0 Å². The fourth-order valence-corrected chi connectivity index (χ4v) is 1.80. The Balaban J connectivity index is 2.91. The largest absolute Gasteiger partial charge is 0.396 e. The van der Waals surface area contributed by atoms with Crippen LogP contribution in [0.1, 0.15) is 25.0 Å². The van der Waals surface area contributed by atoms with Gasteiger partial charge in [0.2, 0.25) is 0 Å². The maximum Gasteiger partial charge on any atom is 0.0485 e. The van der Waals surface area contributed by atoms with E-state index in [1.165, 1.54) is 11.1 Å². The van der Waals surface area contributed by atoms with E-state index in [0.29, 0.717) is 0 Å². The molecule has 78 valence electrons. The van der Waals surface area contributed by atoms with Crippen molar-refractivity contribution < 1.29 is 5.11 Å². The molecule has 2 heteroatoms. The van der Waals surface area contributed by atoms with Gasteiger partial charge in [0, 0.05) is 11.1 Å². The van der Waals surface area contributed by atoms with E-state index in [1.807, 2.05) is 0 Å². The molecule has 0 fully saturated rings. The van der Waals surface area contributed by atoms with Gasteiger partial charge in [-0.3, -0.25) is 0 Å². The second kappa shape index (κ2) is 4.45. The van der Waals surface area contributed by atoms with E-state index in [0.717, 1.165) is 10.9 Å². The number of halogens is 1. The van der Waals surface area contributed by atoms with Crippen LogP contribution in [0.25, 0.3) is 0 Å². The van der Waals surface area contributed by atoms with Crippen LogP contribution in [0.15, 0.2) is 22.7 Å². The van der Waals surface area contributed by atoms with Gasteiger partial charge >= 0.3 is 0 Å². The molecule has 0 heterocycles. The molecule has 0 radical (unpaired) electrons. The Morgan fingerprint density at radius 3 is 2.57 bits per heavy atom. The first-order valence-electron chi connectivity index (χ1n) is 4.80. The average Bonchev–Trinajstić information content (AvgIpc) is 2.11. The van der Waals surface area contributed by atoms with Crippen molar-refractivity contribution in [2.75, 3.05) is 6.61 Å². The first-order chi connectivity index (χ1) is 6.44. The molecule has 0 bridgehead atoms. The van der Waals surface area contributed by atoms with Crippen LogP contribution in [0.2, 0.25) is 0 Å². The predicted molar refractivity (Wildman–Crippen MR) is 63.4 cm³/mol. The molecule has 0 aromatic heterocycles. The van der Waals surface area contributed by atoms with E-state index >= 15 is 0 Å². The summed E-state index contributed by atoms with van der Waals surface area (Å²) in [6.45, 7) is 6.44. The molecule has 0 aliphatic heterocycles. The van der Waals surface area contributed by atoms with Crippen LogP contribution in [-0.4, -0.2) is 11.7 Å². The maximum absolute atomic E-state index is 9.20. The molecule has 0 saturated carbocycles. The average molecular weight is 257 g/mol. The lowest BCUT2D eigenvalue weighted by Crippen LogP contribution is -2.20. The van der Waals surface area contributed by atoms with Gasteiger partial charge in [-0.05, 0) is 30.4 Å². The highest BCUT2D eigenvalue weighted by atomic mass is 79.9. The summed E-state index contributed by atoms with van der Waals surface area (Å²) in [4.78, 5) is 0. The number of hydrogen-bond donors (Lipinski definition) is 1. The number of hydrogen-bond acceptors (Lipinski definition) is 1. The number of benzene rings is 1. The highest BCUT2D eigenvalue weighted by molar-refractivity contribution is 9.10. The summed E-state index contributed by atoms with van der Waals surface area (Å²) in [5.41, 5.74) is 2.48.